The molecule has 0 bridgehead atoms. The van der Waals surface area contributed by atoms with Gasteiger partial charge in [-0.3, -0.25) is 4.40 Å². The summed E-state index contributed by atoms with van der Waals surface area (Å²) in [5, 5.41) is 9.12. The zero-order valence-electron chi connectivity index (χ0n) is 6.03. The number of hydrogen-bond acceptors (Lipinski definition) is 2. The molecule has 4 heteroatoms. The monoisotopic (exact) mass is 177 g/mol. The molecule has 3 nitrogen and oxygen atoms in total. The first-order chi connectivity index (χ1) is 5.81. The molecule has 0 atom stereocenters. The number of nitrogens with zero attached hydrogens (tertiary/aromatic N) is 3. The fraction of sp³-hybridized carbons (Fsp3) is 0. The Morgan fingerprint density at radius 2 is 2.33 bits per heavy atom. The molecule has 0 saturated heterocycles. The topological polar surface area (TPSA) is 41.1 Å². The lowest BCUT2D eigenvalue weighted by molar-refractivity contribution is 1.15. The molecule has 0 fully saturated rings. The Kier molecular flexibility index (Phi) is 1.49. The number of fused-ring (bicyclic) bond motifs is 1. The average Bonchev–Trinajstić information content (AvgIpc) is 2.52. The fourth-order valence-corrected chi connectivity index (χ4v) is 1.31. The van der Waals surface area contributed by atoms with Crippen LogP contribution in [0.1, 0.15) is 5.56 Å². The summed E-state index contributed by atoms with van der Waals surface area (Å²) in [5.74, 6) is 0. The second-order valence-corrected chi connectivity index (χ2v) is 2.75. The molecule has 12 heavy (non-hydrogen) atoms. The second-order valence-electron chi connectivity index (χ2n) is 2.37. The summed E-state index contributed by atoms with van der Waals surface area (Å²) >= 11 is 5.85. The van der Waals surface area contributed by atoms with E-state index in [0.717, 1.165) is 5.52 Å². The van der Waals surface area contributed by atoms with E-state index in [2.05, 4.69) is 4.98 Å². The number of hydrogen-bond donors (Lipinski definition) is 0. The molecular weight excluding hydrogens is 174 g/mol. The molecule has 0 aliphatic carbocycles. The maximum atomic E-state index is 8.62. The minimum absolute atomic E-state index is 0.501. The van der Waals surface area contributed by atoms with Gasteiger partial charge in [0.1, 0.15) is 11.5 Å². The van der Waals surface area contributed by atoms with E-state index in [0.29, 0.717) is 10.7 Å². The second kappa shape index (κ2) is 2.50. The van der Waals surface area contributed by atoms with Crippen LogP contribution in [0.15, 0.2) is 24.7 Å². The number of nitriles is 1. The summed E-state index contributed by atoms with van der Waals surface area (Å²) in [5.41, 5.74) is 1.38. The largest absolute Gasteiger partial charge is 0.289 e. The van der Waals surface area contributed by atoms with E-state index in [1.807, 2.05) is 6.07 Å². The maximum Gasteiger partial charge on any atom is 0.115 e. The first-order valence-electron chi connectivity index (χ1n) is 3.33. The van der Waals surface area contributed by atoms with E-state index >= 15 is 0 Å². The Labute approximate surface area is 73.8 Å². The quantitative estimate of drug-likeness (QED) is 0.577. The van der Waals surface area contributed by atoms with Crippen molar-refractivity contribution in [1.29, 1.82) is 5.26 Å². The van der Waals surface area contributed by atoms with Crippen LogP contribution < -0.4 is 0 Å². The standard InChI is InChI=1S/C8H4ClN3/c9-8-2-6(3-10)1-7-4-11-5-12(7)8/h1-2,4-5H. The molecule has 0 amide bonds. The van der Waals surface area contributed by atoms with Crippen LogP contribution in [0.2, 0.25) is 5.15 Å². The van der Waals surface area contributed by atoms with Crippen LogP contribution in [0.3, 0.4) is 0 Å². The van der Waals surface area contributed by atoms with Gasteiger partial charge in [-0.05, 0) is 12.1 Å². The third kappa shape index (κ3) is 0.936. The van der Waals surface area contributed by atoms with Crippen LogP contribution in [0.25, 0.3) is 5.52 Å². The molecule has 0 aliphatic rings. The van der Waals surface area contributed by atoms with Crippen LogP contribution in [0, 0.1) is 11.3 Å². The Hall–Kier alpha value is -1.53. The predicted octanol–water partition coefficient (Wildman–Crippen LogP) is 1.86. The molecule has 0 spiro atoms. The van der Waals surface area contributed by atoms with Crippen molar-refractivity contribution in [2.24, 2.45) is 0 Å². The van der Waals surface area contributed by atoms with Gasteiger partial charge in [0.2, 0.25) is 0 Å². The Bertz CT molecular complexity index is 467. The van der Waals surface area contributed by atoms with Crippen molar-refractivity contribution in [3.8, 4) is 6.07 Å². The third-order valence-corrected chi connectivity index (χ3v) is 1.90. The minimum Gasteiger partial charge on any atom is -0.289 e. The number of imidazole rings is 1. The molecule has 2 aromatic heterocycles. The van der Waals surface area contributed by atoms with Gasteiger partial charge < -0.3 is 0 Å². The van der Waals surface area contributed by atoms with Crippen LogP contribution in [0.5, 0.6) is 0 Å². The third-order valence-electron chi connectivity index (χ3n) is 1.60. The molecule has 2 heterocycles. The van der Waals surface area contributed by atoms with Gasteiger partial charge in [0.25, 0.3) is 0 Å². The Morgan fingerprint density at radius 1 is 1.50 bits per heavy atom. The first-order valence-corrected chi connectivity index (χ1v) is 3.71. The van der Waals surface area contributed by atoms with Crippen LogP contribution in [-0.4, -0.2) is 9.38 Å². The Morgan fingerprint density at radius 3 is 3.08 bits per heavy atom. The molecular formula is C8H4ClN3. The normalized spacial score (nSPS) is 10.0. The smallest absolute Gasteiger partial charge is 0.115 e. The average molecular weight is 178 g/mol. The molecule has 0 aromatic carbocycles. The van der Waals surface area contributed by atoms with Crippen molar-refractivity contribution in [1.82, 2.24) is 9.38 Å². The minimum atomic E-state index is 0.501. The summed E-state index contributed by atoms with van der Waals surface area (Å²) in [6.07, 6.45) is 3.27. The van der Waals surface area contributed by atoms with Crippen molar-refractivity contribution in [3.05, 3.63) is 35.4 Å². The molecule has 0 N–H and O–H groups in total. The summed E-state index contributed by atoms with van der Waals surface area (Å²) < 4.78 is 1.71. The highest BCUT2D eigenvalue weighted by atomic mass is 35.5. The highest BCUT2D eigenvalue weighted by Gasteiger charge is 2.00. The molecule has 2 aromatic rings. The van der Waals surface area contributed by atoms with Crippen molar-refractivity contribution in [3.63, 3.8) is 0 Å². The number of pyridine rings is 1. The summed E-state index contributed by atoms with van der Waals surface area (Å²) in [4.78, 5) is 3.91. The summed E-state index contributed by atoms with van der Waals surface area (Å²) in [6.45, 7) is 0. The number of rotatable bonds is 0. The van der Waals surface area contributed by atoms with Gasteiger partial charge in [-0.1, -0.05) is 11.6 Å². The molecule has 2 rings (SSSR count). The predicted molar refractivity (Wildman–Crippen MR) is 44.9 cm³/mol. The van der Waals surface area contributed by atoms with Crippen LogP contribution >= 0.6 is 11.6 Å². The molecule has 0 saturated carbocycles. The lowest BCUT2D eigenvalue weighted by Crippen LogP contribution is -1.85. The zero-order chi connectivity index (χ0) is 8.55. The van der Waals surface area contributed by atoms with Crippen LogP contribution in [-0.2, 0) is 0 Å². The van der Waals surface area contributed by atoms with E-state index in [9.17, 15) is 0 Å². The van der Waals surface area contributed by atoms with Gasteiger partial charge in [0.05, 0.1) is 23.3 Å². The van der Waals surface area contributed by atoms with Gasteiger partial charge >= 0.3 is 0 Å². The number of aromatic nitrogens is 2. The molecule has 0 radical (unpaired) electrons. The van der Waals surface area contributed by atoms with Crippen LogP contribution in [0.4, 0.5) is 0 Å². The fourth-order valence-electron chi connectivity index (χ4n) is 1.05. The van der Waals surface area contributed by atoms with E-state index < -0.39 is 0 Å². The SMILES string of the molecule is N#Cc1cc(Cl)n2cncc2c1. The maximum absolute atomic E-state index is 8.62. The highest BCUT2D eigenvalue weighted by Crippen LogP contribution is 2.14. The van der Waals surface area contributed by atoms with E-state index in [1.54, 1.807) is 29.1 Å². The van der Waals surface area contributed by atoms with Crippen molar-refractivity contribution >= 4 is 17.1 Å². The first kappa shape index (κ1) is 7.14. The summed E-state index contributed by atoms with van der Waals surface area (Å²) in [7, 11) is 0. The van der Waals surface area contributed by atoms with Crippen molar-refractivity contribution < 1.29 is 0 Å². The Balaban J connectivity index is 2.86. The van der Waals surface area contributed by atoms with E-state index in [4.69, 9.17) is 16.9 Å². The molecule has 0 unspecified atom stereocenters. The highest BCUT2D eigenvalue weighted by molar-refractivity contribution is 6.29. The van der Waals surface area contributed by atoms with Gasteiger partial charge in [-0.15, -0.1) is 0 Å². The van der Waals surface area contributed by atoms with Gasteiger partial charge in [-0.25, -0.2) is 4.98 Å². The number of halogens is 1. The van der Waals surface area contributed by atoms with E-state index in [-0.39, 0.29) is 0 Å². The lowest BCUT2D eigenvalue weighted by Gasteiger charge is -1.96. The van der Waals surface area contributed by atoms with Crippen molar-refractivity contribution in [2.75, 3.05) is 0 Å². The van der Waals surface area contributed by atoms with Gasteiger partial charge in [-0.2, -0.15) is 5.26 Å². The van der Waals surface area contributed by atoms with E-state index in [1.165, 1.54) is 0 Å². The van der Waals surface area contributed by atoms with Gasteiger partial charge in [0, 0.05) is 0 Å². The van der Waals surface area contributed by atoms with Crippen molar-refractivity contribution in [2.45, 2.75) is 0 Å². The lowest BCUT2D eigenvalue weighted by atomic mass is 10.3. The zero-order valence-corrected chi connectivity index (χ0v) is 6.78. The molecule has 0 aliphatic heterocycles. The van der Waals surface area contributed by atoms with Gasteiger partial charge in [0.15, 0.2) is 0 Å². The summed E-state index contributed by atoms with van der Waals surface area (Å²) in [6, 6.07) is 5.37. The molecule has 58 valence electrons.